The second kappa shape index (κ2) is 9.31. The quantitative estimate of drug-likeness (QED) is 0.502. The lowest BCUT2D eigenvalue weighted by Gasteiger charge is -2.26. The first-order valence-corrected chi connectivity index (χ1v) is 12.2. The minimum absolute atomic E-state index is 0.0480. The predicted molar refractivity (Wildman–Crippen MR) is 118 cm³/mol. The number of rotatable bonds is 7. The van der Waals surface area contributed by atoms with Gasteiger partial charge in [0.05, 0.1) is 23.9 Å². The molecule has 0 amide bonds. The van der Waals surface area contributed by atoms with Crippen molar-refractivity contribution in [2.75, 3.05) is 32.1 Å². The molecule has 3 aromatic rings. The summed E-state index contributed by atoms with van der Waals surface area (Å²) in [6.07, 6.45) is 0. The highest BCUT2D eigenvalue weighted by molar-refractivity contribution is 7.99. The molecule has 1 aliphatic rings. The van der Waals surface area contributed by atoms with E-state index in [0.29, 0.717) is 43.0 Å². The van der Waals surface area contributed by atoms with Gasteiger partial charge in [-0.25, -0.2) is 8.42 Å². The number of carbonyl (C=O) groups excluding carboxylic acids is 1. The van der Waals surface area contributed by atoms with Gasteiger partial charge in [0.1, 0.15) is 5.78 Å². The lowest BCUT2D eigenvalue weighted by Crippen LogP contribution is -2.40. The van der Waals surface area contributed by atoms with Crippen LogP contribution in [0.4, 0.5) is 0 Å². The molecule has 162 valence electrons. The molecule has 0 radical (unpaired) electrons. The summed E-state index contributed by atoms with van der Waals surface area (Å²) in [6.45, 7) is 3.04. The fraction of sp³-hybridized carbons (Fsp3) is 0.286. The molecule has 4 rings (SSSR count). The number of nitrogens with zero attached hydrogens (tertiary/aromatic N) is 4. The molecule has 1 fully saturated rings. The van der Waals surface area contributed by atoms with Crippen molar-refractivity contribution in [1.82, 2.24) is 19.1 Å². The molecule has 0 saturated carbocycles. The van der Waals surface area contributed by atoms with E-state index in [1.165, 1.54) is 23.0 Å². The Bertz CT molecular complexity index is 1160. The molecule has 0 atom stereocenters. The lowest BCUT2D eigenvalue weighted by molar-refractivity contribution is -0.114. The molecular weight excluding hydrogens is 436 g/mol. The predicted octanol–water partition coefficient (Wildman–Crippen LogP) is 2.64. The van der Waals surface area contributed by atoms with Gasteiger partial charge in [-0.05, 0) is 43.3 Å². The summed E-state index contributed by atoms with van der Waals surface area (Å²) in [5.74, 6) is 0.918. The van der Waals surface area contributed by atoms with Gasteiger partial charge in [0.25, 0.3) is 0 Å². The third kappa shape index (κ3) is 4.72. The average molecular weight is 459 g/mol. The van der Waals surface area contributed by atoms with Crippen molar-refractivity contribution in [1.29, 1.82) is 0 Å². The highest BCUT2D eigenvalue weighted by Crippen LogP contribution is 2.29. The molecule has 0 aliphatic carbocycles. The van der Waals surface area contributed by atoms with E-state index in [1.54, 1.807) is 24.3 Å². The zero-order valence-corrected chi connectivity index (χ0v) is 18.6. The van der Waals surface area contributed by atoms with Crippen LogP contribution in [0, 0.1) is 0 Å². The van der Waals surface area contributed by atoms with Crippen LogP contribution < -0.4 is 0 Å². The summed E-state index contributed by atoms with van der Waals surface area (Å²) in [4.78, 5) is 11.7. The van der Waals surface area contributed by atoms with E-state index < -0.39 is 10.0 Å². The van der Waals surface area contributed by atoms with Crippen LogP contribution in [-0.2, 0) is 19.6 Å². The SMILES string of the molecule is CC(=O)CSc1nnc(-c2ccc(S(=O)(=O)N3CCOCC3)cc2)n1-c1ccccc1. The molecule has 0 spiro atoms. The number of benzene rings is 2. The second-order valence-electron chi connectivity index (χ2n) is 7.01. The molecular formula is C21H22N4O4S2. The maximum Gasteiger partial charge on any atom is 0.243 e. The minimum atomic E-state index is -3.57. The van der Waals surface area contributed by atoms with E-state index in [-0.39, 0.29) is 10.7 Å². The lowest BCUT2D eigenvalue weighted by atomic mass is 10.2. The van der Waals surface area contributed by atoms with Crippen molar-refractivity contribution in [2.24, 2.45) is 0 Å². The third-order valence-electron chi connectivity index (χ3n) is 4.77. The van der Waals surface area contributed by atoms with Crippen molar-refractivity contribution in [3.05, 3.63) is 54.6 Å². The zero-order valence-electron chi connectivity index (χ0n) is 17.0. The van der Waals surface area contributed by atoms with Gasteiger partial charge in [0, 0.05) is 24.3 Å². The van der Waals surface area contributed by atoms with Crippen molar-refractivity contribution in [3.63, 3.8) is 0 Å². The van der Waals surface area contributed by atoms with Gasteiger partial charge in [-0.15, -0.1) is 10.2 Å². The number of Topliss-reactive ketones (excluding diaryl/α,β-unsaturated/α-hetero) is 1. The highest BCUT2D eigenvalue weighted by atomic mass is 32.2. The number of sulfonamides is 1. The molecule has 0 N–H and O–H groups in total. The number of ether oxygens (including phenoxy) is 1. The Balaban J connectivity index is 1.69. The van der Waals surface area contributed by atoms with Gasteiger partial charge in [0.15, 0.2) is 11.0 Å². The van der Waals surface area contributed by atoms with Gasteiger partial charge >= 0.3 is 0 Å². The molecule has 1 aliphatic heterocycles. The van der Waals surface area contributed by atoms with Crippen LogP contribution in [0.5, 0.6) is 0 Å². The number of morpholine rings is 1. The van der Waals surface area contributed by atoms with Crippen LogP contribution in [0.1, 0.15) is 6.92 Å². The maximum atomic E-state index is 12.9. The van der Waals surface area contributed by atoms with Gasteiger partial charge < -0.3 is 4.74 Å². The zero-order chi connectivity index (χ0) is 21.8. The Morgan fingerprint density at radius 1 is 1.03 bits per heavy atom. The van der Waals surface area contributed by atoms with Crippen LogP contribution in [0.25, 0.3) is 17.1 Å². The molecule has 1 saturated heterocycles. The summed E-state index contributed by atoms with van der Waals surface area (Å²) < 4.78 is 34.3. The van der Waals surface area contributed by atoms with Gasteiger partial charge in [-0.1, -0.05) is 30.0 Å². The van der Waals surface area contributed by atoms with E-state index in [9.17, 15) is 13.2 Å². The summed E-state index contributed by atoms with van der Waals surface area (Å²) in [5, 5.41) is 9.19. The van der Waals surface area contributed by atoms with E-state index >= 15 is 0 Å². The Morgan fingerprint density at radius 2 is 1.71 bits per heavy atom. The van der Waals surface area contributed by atoms with E-state index in [4.69, 9.17) is 4.74 Å². The first-order chi connectivity index (χ1) is 15.0. The standard InChI is InChI=1S/C21H22N4O4S2/c1-16(26)15-30-21-23-22-20(25(21)18-5-3-2-4-6-18)17-7-9-19(10-8-17)31(27,28)24-11-13-29-14-12-24/h2-10H,11-15H2,1H3. The topological polar surface area (TPSA) is 94.4 Å². The molecule has 2 aromatic carbocycles. The van der Waals surface area contributed by atoms with Crippen LogP contribution >= 0.6 is 11.8 Å². The van der Waals surface area contributed by atoms with Gasteiger partial charge in [-0.3, -0.25) is 9.36 Å². The van der Waals surface area contributed by atoms with Crippen molar-refractivity contribution in [3.8, 4) is 17.1 Å². The number of thioether (sulfide) groups is 1. The van der Waals surface area contributed by atoms with Gasteiger partial charge in [-0.2, -0.15) is 4.31 Å². The van der Waals surface area contributed by atoms with E-state index in [0.717, 1.165) is 11.3 Å². The smallest absolute Gasteiger partial charge is 0.243 e. The first-order valence-electron chi connectivity index (χ1n) is 9.78. The minimum Gasteiger partial charge on any atom is -0.379 e. The fourth-order valence-electron chi connectivity index (χ4n) is 3.24. The summed E-state index contributed by atoms with van der Waals surface area (Å²) in [5.41, 5.74) is 1.59. The summed E-state index contributed by atoms with van der Waals surface area (Å²) in [6, 6.07) is 16.3. The number of aromatic nitrogens is 3. The molecule has 2 heterocycles. The normalized spacial score (nSPS) is 15.1. The second-order valence-corrected chi connectivity index (χ2v) is 9.89. The van der Waals surface area contributed by atoms with Crippen molar-refractivity contribution < 1.29 is 17.9 Å². The molecule has 0 unspecified atom stereocenters. The number of hydrogen-bond acceptors (Lipinski definition) is 7. The fourth-order valence-corrected chi connectivity index (χ4v) is 5.40. The van der Waals surface area contributed by atoms with Crippen LogP contribution in [0.2, 0.25) is 0 Å². The molecule has 8 nitrogen and oxygen atoms in total. The number of carbonyl (C=O) groups is 1. The number of para-hydroxylation sites is 1. The molecule has 10 heteroatoms. The van der Waals surface area contributed by atoms with Crippen LogP contribution in [0.15, 0.2) is 64.6 Å². The average Bonchev–Trinajstić information content (AvgIpc) is 3.23. The first kappa shape index (κ1) is 21.7. The van der Waals surface area contributed by atoms with Crippen molar-refractivity contribution >= 4 is 27.6 Å². The van der Waals surface area contributed by atoms with Crippen molar-refractivity contribution in [2.45, 2.75) is 17.0 Å². The molecule has 31 heavy (non-hydrogen) atoms. The third-order valence-corrected chi connectivity index (χ3v) is 7.76. The number of hydrogen-bond donors (Lipinski definition) is 0. The summed E-state index contributed by atoms with van der Waals surface area (Å²) >= 11 is 1.32. The monoisotopic (exact) mass is 458 g/mol. The molecule has 0 bridgehead atoms. The molecule has 1 aromatic heterocycles. The van der Waals surface area contributed by atoms with E-state index in [2.05, 4.69) is 10.2 Å². The van der Waals surface area contributed by atoms with Gasteiger partial charge in [0.2, 0.25) is 10.0 Å². The number of ketones is 1. The summed E-state index contributed by atoms with van der Waals surface area (Å²) in [7, 11) is -3.57. The Labute approximate surface area is 185 Å². The Morgan fingerprint density at radius 3 is 2.35 bits per heavy atom. The van der Waals surface area contributed by atoms with Crippen LogP contribution in [-0.4, -0.2) is 65.3 Å². The largest absolute Gasteiger partial charge is 0.379 e. The Kier molecular flexibility index (Phi) is 6.51. The highest BCUT2D eigenvalue weighted by Gasteiger charge is 2.26. The Hall–Kier alpha value is -2.53. The van der Waals surface area contributed by atoms with Crippen LogP contribution in [0.3, 0.4) is 0 Å². The maximum absolute atomic E-state index is 12.9. The van der Waals surface area contributed by atoms with E-state index in [1.807, 2.05) is 34.9 Å².